The number of hydrogen-bond donors (Lipinski definition) is 0. The minimum atomic E-state index is 0.844. The smallest absolute Gasteiger partial charge is 0.0437 e. The summed E-state index contributed by atoms with van der Waals surface area (Å²) in [5, 5.41) is 0. The van der Waals surface area contributed by atoms with Crippen molar-refractivity contribution in [1.82, 2.24) is 0 Å². The number of rotatable bonds is 3. The van der Waals surface area contributed by atoms with Gasteiger partial charge in [0.1, 0.15) is 0 Å². The highest BCUT2D eigenvalue weighted by Gasteiger charge is 1.79. The molecule has 0 aliphatic rings. The van der Waals surface area contributed by atoms with E-state index < -0.39 is 0 Å². The molecular weight excluding hydrogens is 160 g/mol. The van der Waals surface area contributed by atoms with Gasteiger partial charge in [0.25, 0.3) is 0 Å². The summed E-state index contributed by atoms with van der Waals surface area (Å²) in [6.07, 6.45) is 1.14. The van der Waals surface area contributed by atoms with Crippen LogP contribution >= 0.6 is 0 Å². The van der Waals surface area contributed by atoms with Crippen LogP contribution in [0.2, 0.25) is 0 Å². The Labute approximate surface area is 81.7 Å². The second-order valence-corrected chi connectivity index (χ2v) is 2.62. The van der Waals surface area contributed by atoms with Gasteiger partial charge in [-0.1, -0.05) is 37.3 Å². The summed E-state index contributed by atoms with van der Waals surface area (Å²) in [5.41, 5.74) is 1.41. The first-order valence-electron chi connectivity index (χ1n) is 4.96. The third kappa shape index (κ3) is 7.54. The molecule has 0 aromatic heterocycles. The van der Waals surface area contributed by atoms with E-state index in [1.54, 1.807) is 0 Å². The number of ether oxygens (including phenoxy) is 1. The average molecular weight is 180 g/mol. The van der Waals surface area contributed by atoms with Gasteiger partial charge in [0, 0.05) is 13.2 Å². The van der Waals surface area contributed by atoms with Gasteiger partial charge < -0.3 is 4.74 Å². The van der Waals surface area contributed by atoms with Gasteiger partial charge >= 0.3 is 0 Å². The van der Waals surface area contributed by atoms with E-state index in [4.69, 9.17) is 4.74 Å². The van der Waals surface area contributed by atoms with E-state index in [-0.39, 0.29) is 0 Å². The van der Waals surface area contributed by atoms with Crippen molar-refractivity contribution in [3.63, 3.8) is 0 Å². The first kappa shape index (κ1) is 12.2. The molecule has 0 aliphatic heterocycles. The van der Waals surface area contributed by atoms with E-state index in [0.29, 0.717) is 0 Å². The molecule has 74 valence electrons. The lowest BCUT2D eigenvalue weighted by Gasteiger charge is -1.89. The van der Waals surface area contributed by atoms with Gasteiger partial charge in [-0.25, -0.2) is 0 Å². The van der Waals surface area contributed by atoms with E-state index in [2.05, 4.69) is 31.2 Å². The van der Waals surface area contributed by atoms with Crippen LogP contribution in [0.1, 0.15) is 26.3 Å². The van der Waals surface area contributed by atoms with Crippen LogP contribution in [0.4, 0.5) is 0 Å². The first-order chi connectivity index (χ1) is 6.35. The normalized spacial score (nSPS) is 8.85. The van der Waals surface area contributed by atoms with Crippen LogP contribution in [0.3, 0.4) is 0 Å². The van der Waals surface area contributed by atoms with Crippen LogP contribution in [0.25, 0.3) is 0 Å². The molecule has 0 saturated heterocycles. The molecule has 1 rings (SSSR count). The van der Waals surface area contributed by atoms with Gasteiger partial charge in [0.05, 0.1) is 0 Å². The molecule has 0 bridgehead atoms. The Kier molecular flexibility index (Phi) is 8.68. The zero-order valence-corrected chi connectivity index (χ0v) is 8.92. The Morgan fingerprint density at radius 3 is 1.69 bits per heavy atom. The summed E-state index contributed by atoms with van der Waals surface area (Å²) in [6, 6.07) is 10.5. The van der Waals surface area contributed by atoms with E-state index in [0.717, 1.165) is 19.6 Å². The van der Waals surface area contributed by atoms with Gasteiger partial charge in [-0.3, -0.25) is 0 Å². The lowest BCUT2D eigenvalue weighted by atomic mass is 10.2. The molecule has 0 spiro atoms. The largest absolute Gasteiger partial charge is 0.382 e. The fourth-order valence-electron chi connectivity index (χ4n) is 0.918. The molecule has 13 heavy (non-hydrogen) atoms. The lowest BCUT2D eigenvalue weighted by Crippen LogP contribution is -1.84. The third-order valence-electron chi connectivity index (χ3n) is 1.66. The summed E-state index contributed by atoms with van der Waals surface area (Å²) in [7, 11) is 0. The predicted octanol–water partition coefficient (Wildman–Crippen LogP) is 3.29. The van der Waals surface area contributed by atoms with Crippen molar-refractivity contribution in [3.05, 3.63) is 35.9 Å². The standard InChI is InChI=1S/C8H10.C4H10O/c1-2-8-6-4-3-5-7-8;1-3-5-4-2/h3-7H,2H2,1H3;3-4H2,1-2H3. The van der Waals surface area contributed by atoms with Crippen molar-refractivity contribution in [3.8, 4) is 0 Å². The van der Waals surface area contributed by atoms with Crippen LogP contribution in [0.5, 0.6) is 0 Å². The fraction of sp³-hybridized carbons (Fsp3) is 0.500. The summed E-state index contributed by atoms with van der Waals surface area (Å²) in [4.78, 5) is 0. The highest BCUT2D eigenvalue weighted by molar-refractivity contribution is 5.13. The Morgan fingerprint density at radius 2 is 1.46 bits per heavy atom. The van der Waals surface area contributed by atoms with Crippen molar-refractivity contribution >= 4 is 0 Å². The number of aryl methyl sites for hydroxylation is 1. The van der Waals surface area contributed by atoms with Gasteiger partial charge in [-0.05, 0) is 25.8 Å². The van der Waals surface area contributed by atoms with Crippen molar-refractivity contribution < 1.29 is 4.74 Å². The van der Waals surface area contributed by atoms with Crippen LogP contribution < -0.4 is 0 Å². The second kappa shape index (κ2) is 9.27. The maximum absolute atomic E-state index is 4.83. The number of hydrogen-bond acceptors (Lipinski definition) is 1. The monoisotopic (exact) mass is 180 g/mol. The molecule has 1 heteroatoms. The topological polar surface area (TPSA) is 9.23 Å². The molecule has 0 heterocycles. The van der Waals surface area contributed by atoms with Crippen molar-refractivity contribution in [1.29, 1.82) is 0 Å². The highest BCUT2D eigenvalue weighted by atomic mass is 16.5. The van der Waals surface area contributed by atoms with Gasteiger partial charge in [-0.2, -0.15) is 0 Å². The number of benzene rings is 1. The molecule has 0 aliphatic carbocycles. The zero-order valence-electron chi connectivity index (χ0n) is 8.92. The molecule has 0 amide bonds. The van der Waals surface area contributed by atoms with E-state index in [9.17, 15) is 0 Å². The first-order valence-corrected chi connectivity index (χ1v) is 4.96. The average Bonchev–Trinajstić information content (AvgIpc) is 2.21. The molecule has 0 N–H and O–H groups in total. The van der Waals surface area contributed by atoms with Crippen molar-refractivity contribution in [2.45, 2.75) is 27.2 Å². The highest BCUT2D eigenvalue weighted by Crippen LogP contribution is 1.96. The minimum Gasteiger partial charge on any atom is -0.382 e. The zero-order chi connectivity index (χ0) is 9.94. The maximum Gasteiger partial charge on any atom is 0.0437 e. The van der Waals surface area contributed by atoms with Crippen LogP contribution in [0.15, 0.2) is 30.3 Å². The van der Waals surface area contributed by atoms with Gasteiger partial charge in [0.15, 0.2) is 0 Å². The van der Waals surface area contributed by atoms with E-state index >= 15 is 0 Å². The molecule has 0 fully saturated rings. The van der Waals surface area contributed by atoms with E-state index in [1.807, 2.05) is 19.9 Å². The Bertz CT molecular complexity index is 180. The summed E-state index contributed by atoms with van der Waals surface area (Å²) >= 11 is 0. The molecule has 0 saturated carbocycles. The quantitative estimate of drug-likeness (QED) is 0.693. The summed E-state index contributed by atoms with van der Waals surface area (Å²) in [6.45, 7) is 7.83. The van der Waals surface area contributed by atoms with Crippen molar-refractivity contribution in [2.75, 3.05) is 13.2 Å². The third-order valence-corrected chi connectivity index (χ3v) is 1.66. The maximum atomic E-state index is 4.83. The summed E-state index contributed by atoms with van der Waals surface area (Å²) < 4.78 is 4.83. The fourth-order valence-corrected chi connectivity index (χ4v) is 0.918. The second-order valence-electron chi connectivity index (χ2n) is 2.62. The Balaban J connectivity index is 0.000000252. The SMILES string of the molecule is CCOCC.CCc1ccccc1. The summed E-state index contributed by atoms with van der Waals surface area (Å²) in [5.74, 6) is 0. The predicted molar refractivity (Wildman–Crippen MR) is 58.0 cm³/mol. The Hall–Kier alpha value is -0.820. The molecule has 0 radical (unpaired) electrons. The van der Waals surface area contributed by atoms with Crippen molar-refractivity contribution in [2.24, 2.45) is 0 Å². The van der Waals surface area contributed by atoms with E-state index in [1.165, 1.54) is 5.56 Å². The molecule has 1 aromatic carbocycles. The molecular formula is C12H20O. The van der Waals surface area contributed by atoms with Gasteiger partial charge in [0.2, 0.25) is 0 Å². The molecule has 0 atom stereocenters. The molecule has 0 unspecified atom stereocenters. The minimum absolute atomic E-state index is 0.844. The molecule has 1 aromatic rings. The molecule has 1 nitrogen and oxygen atoms in total. The van der Waals surface area contributed by atoms with Crippen LogP contribution in [-0.2, 0) is 11.2 Å². The Morgan fingerprint density at radius 1 is 0.923 bits per heavy atom. The van der Waals surface area contributed by atoms with Crippen LogP contribution in [0, 0.1) is 0 Å². The lowest BCUT2D eigenvalue weighted by molar-refractivity contribution is 0.162. The van der Waals surface area contributed by atoms with Gasteiger partial charge in [-0.15, -0.1) is 0 Å². The van der Waals surface area contributed by atoms with Crippen LogP contribution in [-0.4, -0.2) is 13.2 Å².